The normalized spacial score (nSPS) is 24.9. The number of nitrogens with zero attached hydrogens (tertiary/aromatic N) is 2. The summed E-state index contributed by atoms with van der Waals surface area (Å²) in [6.07, 6.45) is 1.78. The monoisotopic (exact) mass is 450 g/mol. The van der Waals surface area contributed by atoms with Crippen molar-refractivity contribution >= 4 is 27.9 Å². The van der Waals surface area contributed by atoms with Crippen LogP contribution in [0.3, 0.4) is 0 Å². The zero-order chi connectivity index (χ0) is 22.2. The van der Waals surface area contributed by atoms with Crippen molar-refractivity contribution in [2.24, 2.45) is 5.92 Å². The Morgan fingerprint density at radius 2 is 1.84 bits per heavy atom. The quantitative estimate of drug-likeness (QED) is 0.566. The summed E-state index contributed by atoms with van der Waals surface area (Å²) < 4.78 is 31.9. The van der Waals surface area contributed by atoms with Crippen molar-refractivity contribution in [2.45, 2.75) is 36.7 Å². The standard InChI is InChI=1S/C20H26N4O6S/c1-20(15-4-5-15)18(26)24(19(27)22-20)13-17(25)21-12-14-2-6-16(7-3-14)31(28,29)23-8-10-30-11-9-23/h2-3,6-7,15H,4-5,8-13H2,1H3,(H,21,25)(H,22,27)/t20-/m1/s1. The highest BCUT2D eigenvalue weighted by atomic mass is 32.2. The number of rotatable bonds is 7. The fourth-order valence-corrected chi connectivity index (χ4v) is 5.32. The molecule has 31 heavy (non-hydrogen) atoms. The number of sulfonamides is 1. The molecule has 1 aliphatic carbocycles. The molecule has 3 fully saturated rings. The Kier molecular flexibility index (Phi) is 5.75. The molecule has 2 heterocycles. The van der Waals surface area contributed by atoms with Crippen LogP contribution in [0.25, 0.3) is 0 Å². The van der Waals surface area contributed by atoms with Gasteiger partial charge in [0.25, 0.3) is 5.91 Å². The van der Waals surface area contributed by atoms with E-state index in [1.54, 1.807) is 19.1 Å². The first-order chi connectivity index (χ1) is 14.7. The average molecular weight is 451 g/mol. The van der Waals surface area contributed by atoms with Gasteiger partial charge in [0.1, 0.15) is 12.1 Å². The van der Waals surface area contributed by atoms with Crippen LogP contribution in [0.5, 0.6) is 0 Å². The summed E-state index contributed by atoms with van der Waals surface area (Å²) in [5, 5.41) is 5.38. The van der Waals surface area contributed by atoms with Crippen LogP contribution in [0.15, 0.2) is 29.2 Å². The van der Waals surface area contributed by atoms with E-state index in [4.69, 9.17) is 4.74 Å². The van der Waals surface area contributed by atoms with E-state index in [-0.39, 0.29) is 29.8 Å². The van der Waals surface area contributed by atoms with Gasteiger partial charge in [-0.25, -0.2) is 13.2 Å². The van der Waals surface area contributed by atoms with E-state index in [9.17, 15) is 22.8 Å². The van der Waals surface area contributed by atoms with E-state index in [0.717, 1.165) is 17.7 Å². The third kappa shape index (κ3) is 4.30. The molecule has 1 aromatic rings. The van der Waals surface area contributed by atoms with Gasteiger partial charge in [0, 0.05) is 19.6 Å². The van der Waals surface area contributed by atoms with Crippen LogP contribution < -0.4 is 10.6 Å². The van der Waals surface area contributed by atoms with E-state index in [1.807, 2.05) is 0 Å². The molecule has 2 saturated heterocycles. The summed E-state index contributed by atoms with van der Waals surface area (Å²) in [7, 11) is -3.57. The highest BCUT2D eigenvalue weighted by Crippen LogP contribution is 2.42. The van der Waals surface area contributed by atoms with Gasteiger partial charge in [-0.1, -0.05) is 12.1 Å². The molecule has 4 rings (SSSR count). The third-order valence-corrected chi connectivity index (χ3v) is 7.93. The average Bonchev–Trinajstić information content (AvgIpc) is 3.59. The summed E-state index contributed by atoms with van der Waals surface area (Å²) in [4.78, 5) is 38.2. The van der Waals surface area contributed by atoms with Crippen molar-refractivity contribution in [1.29, 1.82) is 0 Å². The van der Waals surface area contributed by atoms with Crippen molar-refractivity contribution in [3.63, 3.8) is 0 Å². The summed E-state index contributed by atoms with van der Waals surface area (Å²) in [5.41, 5.74) is -0.214. The summed E-state index contributed by atoms with van der Waals surface area (Å²) in [6, 6.07) is 5.72. The van der Waals surface area contributed by atoms with Crippen molar-refractivity contribution in [1.82, 2.24) is 19.8 Å². The molecule has 1 saturated carbocycles. The molecule has 1 aromatic carbocycles. The molecular formula is C20H26N4O6S. The fraction of sp³-hybridized carbons (Fsp3) is 0.550. The molecule has 10 nitrogen and oxygen atoms in total. The molecule has 1 atom stereocenters. The van der Waals surface area contributed by atoms with Gasteiger partial charge in [-0.05, 0) is 43.4 Å². The predicted molar refractivity (Wildman–Crippen MR) is 109 cm³/mol. The second-order valence-corrected chi connectivity index (χ2v) is 10.2. The lowest BCUT2D eigenvalue weighted by atomic mass is 9.96. The Morgan fingerprint density at radius 3 is 2.45 bits per heavy atom. The fourth-order valence-electron chi connectivity index (χ4n) is 3.91. The van der Waals surface area contributed by atoms with Crippen molar-refractivity contribution in [3.05, 3.63) is 29.8 Å². The van der Waals surface area contributed by atoms with E-state index >= 15 is 0 Å². The van der Waals surface area contributed by atoms with E-state index in [1.165, 1.54) is 16.4 Å². The van der Waals surface area contributed by atoms with Crippen LogP contribution in [-0.2, 0) is 30.9 Å². The highest BCUT2D eigenvalue weighted by Gasteiger charge is 2.56. The van der Waals surface area contributed by atoms with Gasteiger partial charge in [0.15, 0.2) is 0 Å². The van der Waals surface area contributed by atoms with Gasteiger partial charge in [-0.3, -0.25) is 14.5 Å². The molecule has 2 aliphatic heterocycles. The Bertz CT molecular complexity index is 985. The number of hydrogen-bond acceptors (Lipinski definition) is 6. The Balaban J connectivity index is 1.32. The molecule has 0 unspecified atom stereocenters. The minimum atomic E-state index is -3.57. The third-order valence-electron chi connectivity index (χ3n) is 6.02. The van der Waals surface area contributed by atoms with Gasteiger partial charge >= 0.3 is 6.03 Å². The second kappa shape index (κ2) is 8.21. The molecule has 0 spiro atoms. The maximum Gasteiger partial charge on any atom is 0.325 e. The lowest BCUT2D eigenvalue weighted by molar-refractivity contribution is -0.135. The lowest BCUT2D eigenvalue weighted by Crippen LogP contribution is -2.46. The van der Waals surface area contributed by atoms with Gasteiger partial charge in [-0.15, -0.1) is 0 Å². The Hall–Kier alpha value is -2.50. The zero-order valence-corrected chi connectivity index (χ0v) is 18.1. The van der Waals surface area contributed by atoms with Gasteiger partial charge in [0.05, 0.1) is 18.1 Å². The number of benzene rings is 1. The maximum atomic E-state index is 12.6. The smallest absolute Gasteiger partial charge is 0.325 e. The van der Waals surface area contributed by atoms with Crippen LogP contribution in [0.2, 0.25) is 0 Å². The molecule has 0 bridgehead atoms. The van der Waals surface area contributed by atoms with E-state index in [0.29, 0.717) is 31.9 Å². The SMILES string of the molecule is C[C@]1(C2CC2)NC(=O)N(CC(=O)NCc2ccc(S(=O)(=O)N3CCOCC3)cc2)C1=O. The van der Waals surface area contributed by atoms with Gasteiger partial charge in [-0.2, -0.15) is 4.31 Å². The lowest BCUT2D eigenvalue weighted by Gasteiger charge is -2.26. The van der Waals surface area contributed by atoms with Crippen molar-refractivity contribution in [2.75, 3.05) is 32.8 Å². The second-order valence-electron chi connectivity index (χ2n) is 8.24. The molecular weight excluding hydrogens is 424 g/mol. The van der Waals surface area contributed by atoms with Crippen molar-refractivity contribution in [3.8, 4) is 0 Å². The summed E-state index contributed by atoms with van der Waals surface area (Å²) in [5.74, 6) is -0.703. The van der Waals surface area contributed by atoms with Crippen LogP contribution in [0, 0.1) is 5.92 Å². The number of amides is 4. The molecule has 168 valence electrons. The first-order valence-electron chi connectivity index (χ1n) is 10.3. The number of imide groups is 1. The van der Waals surface area contributed by atoms with Gasteiger partial charge in [0.2, 0.25) is 15.9 Å². The summed E-state index contributed by atoms with van der Waals surface area (Å²) >= 11 is 0. The number of ether oxygens (including phenoxy) is 1. The number of nitrogens with one attached hydrogen (secondary N) is 2. The largest absolute Gasteiger partial charge is 0.379 e. The zero-order valence-electron chi connectivity index (χ0n) is 17.3. The Morgan fingerprint density at radius 1 is 1.19 bits per heavy atom. The topological polar surface area (TPSA) is 125 Å². The van der Waals surface area contributed by atoms with E-state index < -0.39 is 27.5 Å². The minimum Gasteiger partial charge on any atom is -0.379 e. The first kappa shape index (κ1) is 21.7. The summed E-state index contributed by atoms with van der Waals surface area (Å²) in [6.45, 7) is 2.90. The number of carbonyl (C=O) groups excluding carboxylic acids is 3. The Labute approximate surface area is 181 Å². The number of urea groups is 1. The molecule has 0 radical (unpaired) electrons. The van der Waals surface area contributed by atoms with Gasteiger partial charge < -0.3 is 15.4 Å². The van der Waals surface area contributed by atoms with Crippen LogP contribution in [0.4, 0.5) is 4.79 Å². The van der Waals surface area contributed by atoms with Crippen LogP contribution in [-0.4, -0.2) is 73.9 Å². The first-order valence-corrected chi connectivity index (χ1v) is 11.7. The molecule has 4 amide bonds. The molecule has 11 heteroatoms. The number of morpholine rings is 1. The van der Waals surface area contributed by atoms with Crippen LogP contribution in [0.1, 0.15) is 25.3 Å². The van der Waals surface area contributed by atoms with Crippen molar-refractivity contribution < 1.29 is 27.5 Å². The minimum absolute atomic E-state index is 0.129. The predicted octanol–water partition coefficient (Wildman–Crippen LogP) is 0.0442. The highest BCUT2D eigenvalue weighted by molar-refractivity contribution is 7.89. The maximum absolute atomic E-state index is 12.6. The molecule has 0 aromatic heterocycles. The van der Waals surface area contributed by atoms with E-state index in [2.05, 4.69) is 10.6 Å². The van der Waals surface area contributed by atoms with Crippen LogP contribution >= 0.6 is 0 Å². The number of carbonyl (C=O) groups is 3. The number of hydrogen-bond donors (Lipinski definition) is 2. The molecule has 2 N–H and O–H groups in total. The molecule has 3 aliphatic rings.